The Kier molecular flexibility index (Phi) is 3.90. The highest BCUT2D eigenvalue weighted by Gasteiger charge is 2.15. The van der Waals surface area contributed by atoms with Crippen molar-refractivity contribution in [3.63, 3.8) is 0 Å². The van der Waals surface area contributed by atoms with Crippen molar-refractivity contribution in [2.24, 2.45) is 7.05 Å². The highest BCUT2D eigenvalue weighted by molar-refractivity contribution is 6.36. The number of ether oxygens (including phenoxy) is 1. The van der Waals surface area contributed by atoms with E-state index in [1.54, 1.807) is 0 Å². The number of aromatic nitrogens is 1. The van der Waals surface area contributed by atoms with Crippen LogP contribution in [-0.2, 0) is 7.05 Å². The van der Waals surface area contributed by atoms with E-state index in [0.717, 1.165) is 40.5 Å². The van der Waals surface area contributed by atoms with Crippen molar-refractivity contribution in [3.8, 4) is 5.75 Å². The summed E-state index contributed by atoms with van der Waals surface area (Å²) in [5.74, 6) is 0.930. The number of hydrogen-bond acceptors (Lipinski definition) is 2. The molecule has 0 unspecified atom stereocenters. The molecule has 0 atom stereocenters. The molecular formula is C16H21ClN2O. The summed E-state index contributed by atoms with van der Waals surface area (Å²) in [6.45, 7) is 6.20. The summed E-state index contributed by atoms with van der Waals surface area (Å²) in [6, 6.07) is 6.10. The van der Waals surface area contributed by atoms with E-state index in [9.17, 15) is 0 Å². The third-order valence-corrected chi connectivity index (χ3v) is 4.73. The van der Waals surface area contributed by atoms with Crippen LogP contribution in [0.1, 0.15) is 18.5 Å². The Morgan fingerprint density at radius 1 is 1.25 bits per heavy atom. The van der Waals surface area contributed by atoms with E-state index in [1.165, 1.54) is 25.9 Å². The number of nitrogens with zero attached hydrogens (tertiary/aromatic N) is 2. The van der Waals surface area contributed by atoms with E-state index in [1.807, 2.05) is 26.1 Å². The fraction of sp³-hybridized carbons (Fsp3) is 0.500. The van der Waals surface area contributed by atoms with E-state index < -0.39 is 0 Å². The maximum Gasteiger partial charge on any atom is 0.143 e. The van der Waals surface area contributed by atoms with Crippen LogP contribution in [0, 0.1) is 6.92 Å². The van der Waals surface area contributed by atoms with Crippen molar-refractivity contribution in [2.75, 3.05) is 26.2 Å². The number of rotatable bonds is 4. The summed E-state index contributed by atoms with van der Waals surface area (Å²) in [5.41, 5.74) is 2.17. The van der Waals surface area contributed by atoms with E-state index in [0.29, 0.717) is 0 Å². The number of likely N-dealkylation sites (tertiary alicyclic amines) is 1. The predicted octanol–water partition coefficient (Wildman–Crippen LogP) is 3.61. The summed E-state index contributed by atoms with van der Waals surface area (Å²) in [6.07, 6.45) is 2.64. The molecule has 1 aliphatic rings. The Balaban J connectivity index is 1.79. The quantitative estimate of drug-likeness (QED) is 0.856. The minimum atomic E-state index is 0.737. The summed E-state index contributed by atoms with van der Waals surface area (Å²) in [4.78, 5) is 2.46. The molecule has 1 fully saturated rings. The molecule has 0 N–H and O–H groups in total. The van der Waals surface area contributed by atoms with E-state index in [4.69, 9.17) is 16.3 Å². The lowest BCUT2D eigenvalue weighted by molar-refractivity contribution is 0.239. The van der Waals surface area contributed by atoms with Crippen molar-refractivity contribution >= 4 is 22.5 Å². The molecule has 4 heteroatoms. The summed E-state index contributed by atoms with van der Waals surface area (Å²) >= 11 is 6.37. The minimum Gasteiger partial charge on any atom is -0.490 e. The van der Waals surface area contributed by atoms with Crippen molar-refractivity contribution in [1.29, 1.82) is 0 Å². The van der Waals surface area contributed by atoms with Gasteiger partial charge in [0.15, 0.2) is 0 Å². The Bertz CT molecular complexity index is 614. The second-order valence-corrected chi connectivity index (χ2v) is 5.89. The monoisotopic (exact) mass is 292 g/mol. The normalized spacial score (nSPS) is 16.1. The molecule has 108 valence electrons. The topological polar surface area (TPSA) is 17.4 Å². The van der Waals surface area contributed by atoms with Crippen LogP contribution in [0.25, 0.3) is 10.9 Å². The molecule has 0 aliphatic carbocycles. The molecule has 1 aromatic heterocycles. The third kappa shape index (κ3) is 2.40. The zero-order valence-corrected chi connectivity index (χ0v) is 12.9. The first-order chi connectivity index (χ1) is 9.68. The van der Waals surface area contributed by atoms with Crippen molar-refractivity contribution in [2.45, 2.75) is 19.8 Å². The van der Waals surface area contributed by atoms with Gasteiger partial charge in [0.05, 0.1) is 10.5 Å². The number of aryl methyl sites for hydroxylation is 1. The molecule has 1 saturated heterocycles. The maximum atomic E-state index is 6.37. The Morgan fingerprint density at radius 2 is 2.00 bits per heavy atom. The van der Waals surface area contributed by atoms with E-state index in [2.05, 4.69) is 15.5 Å². The van der Waals surface area contributed by atoms with Gasteiger partial charge in [0.25, 0.3) is 0 Å². The summed E-state index contributed by atoms with van der Waals surface area (Å²) in [5, 5.41) is 1.90. The van der Waals surface area contributed by atoms with Gasteiger partial charge >= 0.3 is 0 Å². The van der Waals surface area contributed by atoms with Crippen LogP contribution in [0.3, 0.4) is 0 Å². The summed E-state index contributed by atoms with van der Waals surface area (Å²) < 4.78 is 8.12. The molecule has 3 rings (SSSR count). The van der Waals surface area contributed by atoms with Crippen LogP contribution in [0.2, 0.25) is 5.02 Å². The maximum absolute atomic E-state index is 6.37. The Hall–Kier alpha value is -1.19. The van der Waals surface area contributed by atoms with Crippen LogP contribution in [-0.4, -0.2) is 35.7 Å². The smallest absolute Gasteiger partial charge is 0.143 e. The van der Waals surface area contributed by atoms with E-state index >= 15 is 0 Å². The van der Waals surface area contributed by atoms with Crippen LogP contribution in [0.5, 0.6) is 5.75 Å². The molecule has 3 nitrogen and oxygen atoms in total. The highest BCUT2D eigenvalue weighted by atomic mass is 35.5. The van der Waals surface area contributed by atoms with Crippen LogP contribution in [0.15, 0.2) is 18.2 Å². The first kappa shape index (κ1) is 13.8. The number of benzene rings is 1. The number of halogens is 1. The molecule has 1 aliphatic heterocycles. The highest BCUT2D eigenvalue weighted by Crippen LogP contribution is 2.34. The molecule has 0 bridgehead atoms. The first-order valence-electron chi connectivity index (χ1n) is 7.27. The number of fused-ring (bicyclic) bond motifs is 1. The molecule has 2 heterocycles. The lowest BCUT2D eigenvalue weighted by Gasteiger charge is -2.15. The van der Waals surface area contributed by atoms with Crippen molar-refractivity contribution in [3.05, 3.63) is 28.9 Å². The SMILES string of the molecule is Cc1c(Cl)c2cccc(OCCN3CCCC3)c2n1C. The standard InChI is InChI=1S/C16H21ClN2O/c1-12-15(17)13-6-5-7-14(16(13)18(12)2)20-11-10-19-8-3-4-9-19/h5-7H,3-4,8-11H2,1-2H3. The van der Waals surface area contributed by atoms with Gasteiger partial charge in [0.2, 0.25) is 0 Å². The van der Waals surface area contributed by atoms with Gasteiger partial charge in [0, 0.05) is 24.7 Å². The van der Waals surface area contributed by atoms with E-state index in [-0.39, 0.29) is 0 Å². The molecule has 20 heavy (non-hydrogen) atoms. The fourth-order valence-corrected chi connectivity index (χ4v) is 3.24. The van der Waals surface area contributed by atoms with Gasteiger partial charge in [-0.1, -0.05) is 23.7 Å². The first-order valence-corrected chi connectivity index (χ1v) is 7.65. The second kappa shape index (κ2) is 5.66. The van der Waals surface area contributed by atoms with Gasteiger partial charge in [-0.25, -0.2) is 0 Å². The Morgan fingerprint density at radius 3 is 2.75 bits per heavy atom. The molecule has 1 aromatic carbocycles. The third-order valence-electron chi connectivity index (χ3n) is 4.26. The minimum absolute atomic E-state index is 0.737. The average Bonchev–Trinajstić information content (AvgIpc) is 3.04. The zero-order valence-electron chi connectivity index (χ0n) is 12.2. The van der Waals surface area contributed by atoms with Gasteiger partial charge in [-0.05, 0) is 38.9 Å². The zero-order chi connectivity index (χ0) is 14.1. The second-order valence-electron chi connectivity index (χ2n) is 5.51. The fourth-order valence-electron chi connectivity index (χ4n) is 2.96. The molecular weight excluding hydrogens is 272 g/mol. The van der Waals surface area contributed by atoms with Crippen LogP contribution in [0.4, 0.5) is 0 Å². The molecule has 0 saturated carbocycles. The summed E-state index contributed by atoms with van der Waals surface area (Å²) in [7, 11) is 2.04. The van der Waals surface area contributed by atoms with Gasteiger partial charge in [-0.15, -0.1) is 0 Å². The van der Waals surface area contributed by atoms with Gasteiger partial charge in [-0.2, -0.15) is 0 Å². The average molecular weight is 293 g/mol. The lowest BCUT2D eigenvalue weighted by Crippen LogP contribution is -2.25. The Labute approximate surface area is 125 Å². The van der Waals surface area contributed by atoms with Crippen LogP contribution >= 0.6 is 11.6 Å². The molecule has 0 amide bonds. The number of hydrogen-bond donors (Lipinski definition) is 0. The van der Waals surface area contributed by atoms with Gasteiger partial charge in [0.1, 0.15) is 12.4 Å². The molecule has 0 spiro atoms. The van der Waals surface area contributed by atoms with Crippen molar-refractivity contribution in [1.82, 2.24) is 9.47 Å². The predicted molar refractivity (Wildman–Crippen MR) is 83.8 cm³/mol. The molecule has 2 aromatic rings. The lowest BCUT2D eigenvalue weighted by atomic mass is 10.2. The largest absolute Gasteiger partial charge is 0.490 e. The molecule has 0 radical (unpaired) electrons. The van der Waals surface area contributed by atoms with Gasteiger partial charge in [-0.3, -0.25) is 4.90 Å². The number of para-hydroxylation sites is 1. The van der Waals surface area contributed by atoms with Crippen molar-refractivity contribution < 1.29 is 4.74 Å². The van der Waals surface area contributed by atoms with Crippen LogP contribution < -0.4 is 4.74 Å². The van der Waals surface area contributed by atoms with Gasteiger partial charge < -0.3 is 9.30 Å².